The monoisotopic (exact) mass is 1430 g/mol. The van der Waals surface area contributed by atoms with E-state index in [0.717, 1.165) is 114 Å². The molecule has 18 aromatic rings. The second-order valence-electron chi connectivity index (χ2n) is 26.7. The number of nitrogens with zero attached hydrogens (tertiary/aromatic N) is 17. The van der Waals surface area contributed by atoms with E-state index in [1.54, 1.807) is 12.4 Å². The van der Waals surface area contributed by atoms with E-state index < -0.39 is 0 Å². The molecule has 0 aliphatic heterocycles. The van der Waals surface area contributed by atoms with Crippen LogP contribution in [0.15, 0.2) is 335 Å². The Morgan fingerprint density at radius 3 is 0.820 bits per heavy atom. The van der Waals surface area contributed by atoms with Crippen molar-refractivity contribution < 1.29 is 0 Å². The molecule has 0 saturated heterocycles. The van der Waals surface area contributed by atoms with Crippen LogP contribution >= 0.6 is 0 Å². The molecule has 3 aliphatic carbocycles. The number of hydrogen-bond donors (Lipinski definition) is 0. The normalized spacial score (nSPS) is 11.7. The summed E-state index contributed by atoms with van der Waals surface area (Å²) in [6.45, 7) is 0. The minimum atomic E-state index is 0.439. The lowest BCUT2D eigenvalue weighted by molar-refractivity contribution is 1.03. The van der Waals surface area contributed by atoms with Gasteiger partial charge in [-0.2, -0.15) is 0 Å². The number of fused-ring (bicyclic) bond motifs is 9. The highest BCUT2D eigenvalue weighted by Crippen LogP contribution is 2.44. The van der Waals surface area contributed by atoms with Crippen molar-refractivity contribution in [2.45, 2.75) is 19.3 Å². The molecule has 9 aromatic heterocycles. The minimum Gasteiger partial charge on any atom is -0.256 e. The summed E-state index contributed by atoms with van der Waals surface area (Å²) >= 11 is 0. The van der Waals surface area contributed by atoms with Gasteiger partial charge in [0.25, 0.3) is 0 Å². The molecule has 9 heterocycles. The first-order valence-electron chi connectivity index (χ1n) is 36.4. The lowest BCUT2D eigenvalue weighted by Gasteiger charge is -2.10. The van der Waals surface area contributed by atoms with Crippen molar-refractivity contribution in [3.63, 3.8) is 0 Å². The molecule has 3 aliphatic rings. The van der Waals surface area contributed by atoms with E-state index in [4.69, 9.17) is 59.8 Å². The standard InChI is InChI=1S/C32H21N5.2C31H20N6/c1-3-9-21(10-4-1)30-35-31(22-11-5-2-6-12-22)37-32(36-30)24-16-17-28(34-20-24)25-14-7-15-26-27(25)19-23-13-8-18-33-29(23)26;1-3-9-20(10-4-1)28-35-29(21-11-5-2-6-12-21)37-31(36-28)30-33-18-23(19-34-30)24-14-7-15-25-26(24)17-22-13-8-16-32-27(22)25;1-3-9-20(10-4-1)29-35-30(21-11-5-2-6-12-21)37-31(36-29)27-19-33-26(18-34-27)23-14-7-15-24-25(23)17-22-13-8-16-32-28(22)24/h1-18,20H,19H2;2*1-16,18-19H,17H2. The molecule has 0 atom stereocenters. The van der Waals surface area contributed by atoms with Crippen molar-refractivity contribution in [2.75, 3.05) is 0 Å². The second-order valence-corrected chi connectivity index (χ2v) is 26.7. The van der Waals surface area contributed by atoms with Crippen LogP contribution in [0.3, 0.4) is 0 Å². The van der Waals surface area contributed by atoms with Crippen LogP contribution in [0.5, 0.6) is 0 Å². The van der Waals surface area contributed by atoms with Crippen molar-refractivity contribution in [3.8, 4) is 170 Å². The van der Waals surface area contributed by atoms with Gasteiger partial charge in [-0.1, -0.05) is 255 Å². The molecule has 111 heavy (non-hydrogen) atoms. The first-order chi connectivity index (χ1) is 55.0. The maximum atomic E-state index is 4.85. The fourth-order valence-corrected chi connectivity index (χ4v) is 14.4. The molecule has 0 amide bonds. The van der Waals surface area contributed by atoms with Crippen molar-refractivity contribution in [2.24, 2.45) is 0 Å². The Morgan fingerprint density at radius 2 is 0.459 bits per heavy atom. The van der Waals surface area contributed by atoms with Crippen molar-refractivity contribution in [1.29, 1.82) is 0 Å². The molecule has 0 fully saturated rings. The Morgan fingerprint density at radius 1 is 0.162 bits per heavy atom. The maximum absolute atomic E-state index is 4.85. The van der Waals surface area contributed by atoms with E-state index in [1.807, 2.05) is 243 Å². The van der Waals surface area contributed by atoms with Crippen molar-refractivity contribution in [3.05, 3.63) is 368 Å². The summed E-state index contributed by atoms with van der Waals surface area (Å²) in [5.74, 6) is 5.63. The van der Waals surface area contributed by atoms with Gasteiger partial charge in [0.1, 0.15) is 5.69 Å². The summed E-state index contributed by atoms with van der Waals surface area (Å²) in [5, 5.41) is 0. The highest BCUT2D eigenvalue weighted by molar-refractivity contribution is 5.85. The van der Waals surface area contributed by atoms with Crippen LogP contribution in [0, 0.1) is 0 Å². The van der Waals surface area contributed by atoms with Gasteiger partial charge in [-0.3, -0.25) is 24.9 Å². The quantitative estimate of drug-likeness (QED) is 0.111. The fourth-order valence-electron chi connectivity index (χ4n) is 14.4. The summed E-state index contributed by atoms with van der Waals surface area (Å²) in [4.78, 5) is 80.4. The first-order valence-corrected chi connectivity index (χ1v) is 36.4. The Labute approximate surface area is 638 Å². The highest BCUT2D eigenvalue weighted by atomic mass is 15.1. The molecular formula is C94H61N17. The zero-order chi connectivity index (χ0) is 73.8. The Hall–Kier alpha value is -15.2. The van der Waals surface area contributed by atoms with Gasteiger partial charge in [0.05, 0.1) is 40.9 Å². The summed E-state index contributed by atoms with van der Waals surface area (Å²) in [7, 11) is 0. The van der Waals surface area contributed by atoms with Crippen LogP contribution in [0.4, 0.5) is 0 Å². The van der Waals surface area contributed by atoms with Crippen LogP contribution in [0.1, 0.15) is 33.4 Å². The SMILES string of the molecule is c1ccc(-c2nc(-c3ccccc3)nc(-c3ccc(-c4cccc5c4Cc4cccnc4-5)nc3)n2)cc1.c1ccc(-c2nc(-c3ccccc3)nc(-c3cnc(-c4cccc5c4Cc4cccnc4-5)cn3)n2)cc1.c1ccc(-c2nc(-c3ccccc3)nc(-c3ncc(-c4cccc5c4Cc4cccnc4-5)cn3)n2)cc1. The van der Waals surface area contributed by atoms with E-state index in [-0.39, 0.29) is 0 Å². The second kappa shape index (κ2) is 29.6. The molecule has 17 nitrogen and oxygen atoms in total. The number of aromatic nitrogens is 17. The van der Waals surface area contributed by atoms with Crippen LogP contribution in [-0.4, -0.2) is 84.7 Å². The van der Waals surface area contributed by atoms with Gasteiger partial charge in [0, 0.05) is 129 Å². The van der Waals surface area contributed by atoms with Gasteiger partial charge in [0.15, 0.2) is 52.4 Å². The summed E-state index contributed by atoms with van der Waals surface area (Å²) in [6, 6.07) is 95.0. The maximum Gasteiger partial charge on any atom is 0.201 e. The first kappa shape index (κ1) is 66.5. The molecule has 0 bridgehead atoms. The Balaban J connectivity index is 0.000000112. The Kier molecular flexibility index (Phi) is 17.7. The third kappa shape index (κ3) is 13.5. The van der Waals surface area contributed by atoms with Crippen LogP contribution < -0.4 is 0 Å². The molecule has 17 heteroatoms. The molecule has 0 radical (unpaired) electrons. The van der Waals surface area contributed by atoms with Gasteiger partial charge in [-0.15, -0.1) is 0 Å². The average molecular weight is 1430 g/mol. The predicted octanol–water partition coefficient (Wildman–Crippen LogP) is 19.5. The largest absolute Gasteiger partial charge is 0.256 e. The Bertz CT molecular complexity index is 5650. The molecule has 0 spiro atoms. The van der Waals surface area contributed by atoms with E-state index in [0.29, 0.717) is 63.9 Å². The number of hydrogen-bond acceptors (Lipinski definition) is 17. The lowest BCUT2D eigenvalue weighted by Crippen LogP contribution is -2.02. The molecule has 21 rings (SSSR count). The van der Waals surface area contributed by atoms with E-state index in [1.165, 1.54) is 44.5 Å². The summed E-state index contributed by atoms with van der Waals surface area (Å²) in [6.07, 6.45) is 17.2. The summed E-state index contributed by atoms with van der Waals surface area (Å²) in [5.41, 5.74) is 27.2. The highest BCUT2D eigenvalue weighted by Gasteiger charge is 2.27. The van der Waals surface area contributed by atoms with Crippen LogP contribution in [0.25, 0.3) is 170 Å². The number of pyridine rings is 4. The fraction of sp³-hybridized carbons (Fsp3) is 0.0319. The smallest absolute Gasteiger partial charge is 0.201 e. The summed E-state index contributed by atoms with van der Waals surface area (Å²) < 4.78 is 0. The lowest BCUT2D eigenvalue weighted by atomic mass is 9.98. The van der Waals surface area contributed by atoms with E-state index >= 15 is 0 Å². The molecule has 0 unspecified atom stereocenters. The molecule has 0 saturated carbocycles. The van der Waals surface area contributed by atoms with Gasteiger partial charge in [-0.25, -0.2) is 59.8 Å². The molecule has 522 valence electrons. The van der Waals surface area contributed by atoms with E-state index in [9.17, 15) is 0 Å². The van der Waals surface area contributed by atoms with Crippen molar-refractivity contribution in [1.82, 2.24) is 84.7 Å². The van der Waals surface area contributed by atoms with Crippen LogP contribution in [-0.2, 0) is 19.3 Å². The van der Waals surface area contributed by atoms with Crippen molar-refractivity contribution >= 4 is 0 Å². The topological polar surface area (TPSA) is 219 Å². The third-order valence-electron chi connectivity index (χ3n) is 19.8. The van der Waals surface area contributed by atoms with Gasteiger partial charge in [0.2, 0.25) is 5.82 Å². The average Bonchev–Trinajstić information content (AvgIpc) is 1.65. The van der Waals surface area contributed by atoms with Gasteiger partial charge >= 0.3 is 0 Å². The number of benzene rings is 9. The van der Waals surface area contributed by atoms with E-state index in [2.05, 4.69) is 104 Å². The van der Waals surface area contributed by atoms with Crippen LogP contribution in [0.2, 0.25) is 0 Å². The molecule has 0 N–H and O–H groups in total. The minimum absolute atomic E-state index is 0.439. The number of rotatable bonds is 12. The zero-order valence-electron chi connectivity index (χ0n) is 59.5. The molecule has 9 aromatic carbocycles. The van der Waals surface area contributed by atoms with Gasteiger partial charge in [-0.05, 0) is 69.3 Å². The molecular weight excluding hydrogens is 1370 g/mol. The zero-order valence-corrected chi connectivity index (χ0v) is 59.5. The predicted molar refractivity (Wildman–Crippen MR) is 432 cm³/mol. The third-order valence-corrected chi connectivity index (χ3v) is 19.8. The van der Waals surface area contributed by atoms with Gasteiger partial charge < -0.3 is 0 Å².